The molecule has 0 fully saturated rings. The number of carbonyl (C=O) groups is 1. The molecule has 0 saturated carbocycles. The van der Waals surface area contributed by atoms with Crippen LogP contribution in [0, 0.1) is 0 Å². The predicted molar refractivity (Wildman–Crippen MR) is 121 cm³/mol. The monoisotopic (exact) mass is 441 g/mol. The Balaban J connectivity index is 1.67. The van der Waals surface area contributed by atoms with Crippen LogP contribution in [-0.2, 0) is 10.5 Å². The molecule has 0 aliphatic carbocycles. The second kappa shape index (κ2) is 8.82. The highest BCUT2D eigenvalue weighted by atomic mass is 35.5. The molecule has 29 heavy (non-hydrogen) atoms. The number of benzene rings is 1. The highest BCUT2D eigenvalue weighted by molar-refractivity contribution is 8.13. The first kappa shape index (κ1) is 19.7. The SMILES string of the molecule is COc1ccc(N2C(=O)/C(=C/c3cccs3)N=C2SCc2ccccn2)cc1Cl. The molecule has 0 radical (unpaired) electrons. The number of amides is 1. The van der Waals surface area contributed by atoms with E-state index in [-0.39, 0.29) is 5.91 Å². The fraction of sp³-hybridized carbons (Fsp3) is 0.0952. The Morgan fingerprint density at radius 3 is 2.83 bits per heavy atom. The molecule has 4 rings (SSSR count). The number of thiophene rings is 1. The number of methoxy groups -OCH3 is 1. The normalized spacial score (nSPS) is 15.1. The number of halogens is 1. The van der Waals surface area contributed by atoms with Crippen LogP contribution in [0.15, 0.2) is 70.8 Å². The number of rotatable bonds is 5. The Labute approximate surface area is 181 Å². The van der Waals surface area contributed by atoms with Gasteiger partial charge in [0.05, 0.1) is 23.5 Å². The minimum atomic E-state index is -0.192. The highest BCUT2D eigenvalue weighted by Gasteiger charge is 2.32. The molecule has 0 bridgehead atoms. The largest absolute Gasteiger partial charge is 0.495 e. The molecule has 1 aliphatic heterocycles. The summed E-state index contributed by atoms with van der Waals surface area (Å²) in [7, 11) is 1.55. The molecule has 0 unspecified atom stereocenters. The number of amidine groups is 1. The van der Waals surface area contributed by atoms with Crippen molar-refractivity contribution in [2.45, 2.75) is 5.75 Å². The van der Waals surface area contributed by atoms with Gasteiger partial charge in [0.2, 0.25) is 0 Å². The second-order valence-corrected chi connectivity index (χ2v) is 8.34. The van der Waals surface area contributed by atoms with Crippen molar-refractivity contribution in [3.8, 4) is 5.75 Å². The molecular weight excluding hydrogens is 426 g/mol. The maximum absolute atomic E-state index is 13.2. The fourth-order valence-electron chi connectivity index (χ4n) is 2.75. The van der Waals surface area contributed by atoms with E-state index in [1.807, 2.05) is 35.7 Å². The number of carbonyl (C=O) groups excluding carboxylic acids is 1. The lowest BCUT2D eigenvalue weighted by Gasteiger charge is -2.18. The summed E-state index contributed by atoms with van der Waals surface area (Å²) in [6, 6.07) is 14.9. The summed E-state index contributed by atoms with van der Waals surface area (Å²) >= 11 is 9.31. The molecule has 0 N–H and O–H groups in total. The standard InChI is InChI=1S/C21H16ClN3O2S2/c1-27-19-8-7-15(11-17(19)22)25-20(26)18(12-16-6-4-10-28-16)24-21(25)29-13-14-5-2-3-9-23-14/h2-12H,13H2,1H3/b18-12-. The van der Waals surface area contributed by atoms with Crippen molar-refractivity contribution in [2.24, 2.45) is 4.99 Å². The van der Waals surface area contributed by atoms with Gasteiger partial charge in [0.25, 0.3) is 5.91 Å². The summed E-state index contributed by atoms with van der Waals surface area (Å²) in [5.41, 5.74) is 1.95. The van der Waals surface area contributed by atoms with Crippen LogP contribution >= 0.6 is 34.7 Å². The van der Waals surface area contributed by atoms with E-state index in [9.17, 15) is 4.79 Å². The summed E-state index contributed by atoms with van der Waals surface area (Å²) in [6.45, 7) is 0. The van der Waals surface area contributed by atoms with Crippen LogP contribution in [0.5, 0.6) is 5.75 Å². The van der Waals surface area contributed by atoms with Gasteiger partial charge < -0.3 is 4.74 Å². The highest BCUT2D eigenvalue weighted by Crippen LogP contribution is 2.35. The minimum Gasteiger partial charge on any atom is -0.495 e. The lowest BCUT2D eigenvalue weighted by molar-refractivity contribution is -0.113. The van der Waals surface area contributed by atoms with Gasteiger partial charge in [-0.25, -0.2) is 4.99 Å². The van der Waals surface area contributed by atoms with Gasteiger partial charge in [0, 0.05) is 16.8 Å². The first-order valence-corrected chi connectivity index (χ1v) is 10.9. The van der Waals surface area contributed by atoms with E-state index in [4.69, 9.17) is 16.3 Å². The number of pyridine rings is 1. The molecular formula is C21H16ClN3O2S2. The third-order valence-electron chi connectivity index (χ3n) is 4.12. The first-order valence-electron chi connectivity index (χ1n) is 8.70. The molecule has 146 valence electrons. The topological polar surface area (TPSA) is 54.8 Å². The van der Waals surface area contributed by atoms with Crippen molar-refractivity contribution in [1.29, 1.82) is 0 Å². The summed E-state index contributed by atoms with van der Waals surface area (Å²) < 4.78 is 5.22. The van der Waals surface area contributed by atoms with Crippen molar-refractivity contribution in [3.63, 3.8) is 0 Å². The van der Waals surface area contributed by atoms with Crippen LogP contribution in [0.1, 0.15) is 10.6 Å². The number of thioether (sulfide) groups is 1. The quantitative estimate of drug-likeness (QED) is 0.492. The predicted octanol–water partition coefficient (Wildman–Crippen LogP) is 5.48. The van der Waals surface area contributed by atoms with Crippen molar-refractivity contribution in [3.05, 3.63) is 81.4 Å². The van der Waals surface area contributed by atoms with Crippen molar-refractivity contribution in [1.82, 2.24) is 4.98 Å². The van der Waals surface area contributed by atoms with Crippen molar-refractivity contribution < 1.29 is 9.53 Å². The molecule has 1 aromatic carbocycles. The Morgan fingerprint density at radius 2 is 2.14 bits per heavy atom. The molecule has 1 amide bonds. The van der Waals surface area contributed by atoms with E-state index in [1.54, 1.807) is 53.8 Å². The third-order valence-corrected chi connectivity index (χ3v) is 6.21. The van der Waals surface area contributed by atoms with E-state index in [2.05, 4.69) is 9.98 Å². The van der Waals surface area contributed by atoms with Crippen LogP contribution < -0.4 is 9.64 Å². The summed E-state index contributed by atoms with van der Waals surface area (Å²) in [5, 5.41) is 2.99. The number of hydrogen-bond donors (Lipinski definition) is 0. The Bertz CT molecular complexity index is 1080. The molecule has 1 aliphatic rings. The number of ether oxygens (including phenoxy) is 1. The summed E-state index contributed by atoms with van der Waals surface area (Å²) in [4.78, 5) is 24.7. The molecule has 5 nitrogen and oxygen atoms in total. The second-order valence-electron chi connectivity index (χ2n) is 6.01. The van der Waals surface area contributed by atoms with Crippen LogP contribution in [0.4, 0.5) is 5.69 Å². The number of nitrogens with zero attached hydrogens (tertiary/aromatic N) is 3. The smallest absolute Gasteiger partial charge is 0.283 e. The Kier molecular flexibility index (Phi) is 5.99. The molecule has 0 spiro atoms. The number of hydrogen-bond acceptors (Lipinski definition) is 6. The molecule has 8 heteroatoms. The Hall–Kier alpha value is -2.61. The molecule has 3 heterocycles. The molecule has 0 saturated heterocycles. The van der Waals surface area contributed by atoms with Gasteiger partial charge in [0.1, 0.15) is 11.4 Å². The molecule has 3 aromatic rings. The molecule has 2 aromatic heterocycles. The van der Waals surface area contributed by atoms with E-state index in [0.29, 0.717) is 33.1 Å². The van der Waals surface area contributed by atoms with E-state index in [0.717, 1.165) is 10.6 Å². The fourth-order valence-corrected chi connectivity index (χ4v) is 4.58. The van der Waals surface area contributed by atoms with Crippen LogP contribution in [0.25, 0.3) is 6.08 Å². The average Bonchev–Trinajstić information content (AvgIpc) is 3.35. The lowest BCUT2D eigenvalue weighted by Crippen LogP contribution is -2.30. The van der Waals surface area contributed by atoms with Gasteiger partial charge in [-0.2, -0.15) is 0 Å². The van der Waals surface area contributed by atoms with E-state index < -0.39 is 0 Å². The third kappa shape index (κ3) is 4.37. The lowest BCUT2D eigenvalue weighted by atomic mass is 10.2. The van der Waals surface area contributed by atoms with Crippen molar-refractivity contribution >= 4 is 57.5 Å². The van der Waals surface area contributed by atoms with E-state index >= 15 is 0 Å². The van der Waals surface area contributed by atoms with Gasteiger partial charge in [-0.15, -0.1) is 11.3 Å². The average molecular weight is 442 g/mol. The maximum atomic E-state index is 13.2. The van der Waals surface area contributed by atoms with Gasteiger partial charge in [0.15, 0.2) is 5.17 Å². The zero-order valence-electron chi connectivity index (χ0n) is 15.4. The zero-order chi connectivity index (χ0) is 20.2. The van der Waals surface area contributed by atoms with Crippen LogP contribution in [0.2, 0.25) is 5.02 Å². The number of aliphatic imine (C=N–C) groups is 1. The zero-order valence-corrected chi connectivity index (χ0v) is 17.8. The van der Waals surface area contributed by atoms with Crippen LogP contribution in [-0.4, -0.2) is 23.2 Å². The summed E-state index contributed by atoms with van der Waals surface area (Å²) in [6.07, 6.45) is 3.56. The maximum Gasteiger partial charge on any atom is 0.283 e. The van der Waals surface area contributed by atoms with Gasteiger partial charge in [-0.3, -0.25) is 14.7 Å². The summed E-state index contributed by atoms with van der Waals surface area (Å²) in [5.74, 6) is 0.957. The number of anilines is 1. The molecule has 0 atom stereocenters. The van der Waals surface area contributed by atoms with Crippen LogP contribution in [0.3, 0.4) is 0 Å². The number of aromatic nitrogens is 1. The Morgan fingerprint density at radius 1 is 1.24 bits per heavy atom. The van der Waals surface area contributed by atoms with Gasteiger partial charge in [-0.05, 0) is 47.9 Å². The minimum absolute atomic E-state index is 0.192. The van der Waals surface area contributed by atoms with Gasteiger partial charge in [-0.1, -0.05) is 35.5 Å². The first-order chi connectivity index (χ1) is 14.2. The van der Waals surface area contributed by atoms with Crippen molar-refractivity contribution in [2.75, 3.05) is 12.0 Å². The van der Waals surface area contributed by atoms with E-state index in [1.165, 1.54) is 11.8 Å². The van der Waals surface area contributed by atoms with Gasteiger partial charge >= 0.3 is 0 Å².